The Morgan fingerprint density at radius 1 is 1.00 bits per heavy atom. The molecule has 0 amide bonds. The fourth-order valence-electron chi connectivity index (χ4n) is 2.66. The van der Waals surface area contributed by atoms with Crippen molar-refractivity contribution in [3.05, 3.63) is 76.6 Å². The molecular weight excluding hydrogens is 467 g/mol. The van der Waals surface area contributed by atoms with Crippen LogP contribution in [0.15, 0.2) is 71.0 Å². The van der Waals surface area contributed by atoms with Gasteiger partial charge >= 0.3 is 0 Å². The minimum Gasteiger partial charge on any atom is -0.356 e. The number of benzene rings is 2. The van der Waals surface area contributed by atoms with Gasteiger partial charge in [0.15, 0.2) is 5.96 Å². The van der Waals surface area contributed by atoms with E-state index in [0.29, 0.717) is 6.54 Å². The van der Waals surface area contributed by atoms with E-state index < -0.39 is 0 Å². The van der Waals surface area contributed by atoms with E-state index in [-0.39, 0.29) is 24.0 Å². The first kappa shape index (κ1) is 21.4. The monoisotopic (exact) mass is 492 g/mol. The van der Waals surface area contributed by atoms with Gasteiger partial charge in [-0.2, -0.15) is 0 Å². The number of thiazole rings is 1. The Morgan fingerprint density at radius 2 is 1.70 bits per heavy atom. The van der Waals surface area contributed by atoms with E-state index in [2.05, 4.69) is 63.5 Å². The van der Waals surface area contributed by atoms with Gasteiger partial charge in [0.05, 0.1) is 12.2 Å². The molecule has 6 heteroatoms. The van der Waals surface area contributed by atoms with Crippen molar-refractivity contribution in [2.75, 3.05) is 13.6 Å². The predicted molar refractivity (Wildman–Crippen MR) is 126 cm³/mol. The SMILES string of the molecule is CN=C(NCCCc1ccccc1)NCc1nc(-c2ccccc2)cs1.I. The molecule has 0 fully saturated rings. The van der Waals surface area contributed by atoms with Gasteiger partial charge in [0.2, 0.25) is 0 Å². The van der Waals surface area contributed by atoms with Crippen LogP contribution in [0.3, 0.4) is 0 Å². The Bertz CT molecular complexity index is 818. The summed E-state index contributed by atoms with van der Waals surface area (Å²) in [4.78, 5) is 8.98. The Balaban J connectivity index is 0.00000261. The number of hydrogen-bond acceptors (Lipinski definition) is 3. The molecular formula is C21H25IN4S. The Hall–Kier alpha value is -1.93. The molecule has 1 heterocycles. The molecule has 3 rings (SSSR count). The Kier molecular flexibility index (Phi) is 9.27. The first-order valence-electron chi connectivity index (χ1n) is 8.83. The molecule has 1 aromatic heterocycles. The van der Waals surface area contributed by atoms with Crippen LogP contribution in [-0.4, -0.2) is 24.5 Å². The molecule has 142 valence electrons. The maximum absolute atomic E-state index is 4.70. The van der Waals surface area contributed by atoms with Crippen LogP contribution in [0.25, 0.3) is 11.3 Å². The quantitative estimate of drug-likeness (QED) is 0.217. The minimum absolute atomic E-state index is 0. The molecule has 2 N–H and O–H groups in total. The van der Waals surface area contributed by atoms with E-state index >= 15 is 0 Å². The van der Waals surface area contributed by atoms with Gasteiger partial charge in [0.25, 0.3) is 0 Å². The number of aliphatic imine (C=N–C) groups is 1. The summed E-state index contributed by atoms with van der Waals surface area (Å²) in [6.07, 6.45) is 2.14. The van der Waals surface area contributed by atoms with Gasteiger partial charge in [-0.3, -0.25) is 4.99 Å². The molecule has 0 saturated heterocycles. The second-order valence-electron chi connectivity index (χ2n) is 5.93. The number of aromatic nitrogens is 1. The van der Waals surface area contributed by atoms with Crippen LogP contribution in [0.2, 0.25) is 0 Å². The third-order valence-electron chi connectivity index (χ3n) is 4.03. The van der Waals surface area contributed by atoms with Crippen molar-refractivity contribution in [2.24, 2.45) is 4.99 Å². The molecule has 0 aliphatic rings. The summed E-state index contributed by atoms with van der Waals surface area (Å²) >= 11 is 1.67. The number of nitrogens with zero attached hydrogens (tertiary/aromatic N) is 2. The van der Waals surface area contributed by atoms with E-state index in [0.717, 1.165) is 41.6 Å². The maximum Gasteiger partial charge on any atom is 0.191 e. The van der Waals surface area contributed by atoms with E-state index in [1.807, 2.05) is 18.2 Å². The maximum atomic E-state index is 4.70. The highest BCUT2D eigenvalue weighted by Gasteiger charge is 2.05. The highest BCUT2D eigenvalue weighted by Crippen LogP contribution is 2.21. The van der Waals surface area contributed by atoms with Crippen LogP contribution in [0.4, 0.5) is 0 Å². The average Bonchev–Trinajstić information content (AvgIpc) is 3.18. The van der Waals surface area contributed by atoms with Gasteiger partial charge in [0, 0.05) is 24.5 Å². The smallest absolute Gasteiger partial charge is 0.191 e. The summed E-state index contributed by atoms with van der Waals surface area (Å²) < 4.78 is 0. The second-order valence-corrected chi connectivity index (χ2v) is 6.88. The van der Waals surface area contributed by atoms with Crippen LogP contribution in [-0.2, 0) is 13.0 Å². The van der Waals surface area contributed by atoms with E-state index in [4.69, 9.17) is 4.98 Å². The fraction of sp³-hybridized carbons (Fsp3) is 0.238. The zero-order chi connectivity index (χ0) is 18.0. The van der Waals surface area contributed by atoms with Gasteiger partial charge in [-0.05, 0) is 18.4 Å². The summed E-state index contributed by atoms with van der Waals surface area (Å²) in [7, 11) is 1.80. The average molecular weight is 492 g/mol. The summed E-state index contributed by atoms with van der Waals surface area (Å²) in [6, 6.07) is 20.8. The first-order valence-corrected chi connectivity index (χ1v) is 9.71. The number of rotatable bonds is 7. The van der Waals surface area contributed by atoms with Gasteiger partial charge in [0.1, 0.15) is 5.01 Å². The lowest BCUT2D eigenvalue weighted by Crippen LogP contribution is -2.37. The van der Waals surface area contributed by atoms with Gasteiger partial charge < -0.3 is 10.6 Å². The normalized spacial score (nSPS) is 10.9. The standard InChI is InChI=1S/C21H24N4S.HI/c1-22-21(23-14-8-11-17-9-4-2-5-10-17)24-15-20-25-19(16-26-20)18-12-6-3-7-13-18;/h2-7,9-10,12-13,16H,8,11,14-15H2,1H3,(H2,22,23,24);1H. The number of guanidine groups is 1. The largest absolute Gasteiger partial charge is 0.356 e. The van der Waals surface area contributed by atoms with Gasteiger partial charge in [-0.15, -0.1) is 35.3 Å². The molecule has 0 atom stereocenters. The third-order valence-corrected chi connectivity index (χ3v) is 4.88. The van der Waals surface area contributed by atoms with Crippen LogP contribution < -0.4 is 10.6 Å². The fourth-order valence-corrected chi connectivity index (χ4v) is 3.40. The van der Waals surface area contributed by atoms with E-state index in [9.17, 15) is 0 Å². The highest BCUT2D eigenvalue weighted by molar-refractivity contribution is 14.0. The molecule has 0 bridgehead atoms. The zero-order valence-corrected chi connectivity index (χ0v) is 18.5. The number of aryl methyl sites for hydroxylation is 1. The van der Waals surface area contributed by atoms with Crippen molar-refractivity contribution in [2.45, 2.75) is 19.4 Å². The number of halogens is 1. The molecule has 0 radical (unpaired) electrons. The third kappa shape index (κ3) is 6.95. The lowest BCUT2D eigenvalue weighted by Gasteiger charge is -2.10. The number of hydrogen-bond donors (Lipinski definition) is 2. The van der Waals surface area contributed by atoms with E-state index in [1.165, 1.54) is 5.56 Å². The first-order chi connectivity index (χ1) is 12.8. The van der Waals surface area contributed by atoms with Crippen molar-refractivity contribution >= 4 is 41.3 Å². The predicted octanol–water partition coefficient (Wildman–Crippen LogP) is 4.73. The summed E-state index contributed by atoms with van der Waals surface area (Å²) in [6.45, 7) is 1.57. The van der Waals surface area contributed by atoms with Crippen molar-refractivity contribution in [3.8, 4) is 11.3 Å². The highest BCUT2D eigenvalue weighted by atomic mass is 127. The molecule has 0 unspecified atom stereocenters. The van der Waals surface area contributed by atoms with Crippen molar-refractivity contribution in [1.29, 1.82) is 0 Å². The van der Waals surface area contributed by atoms with Crippen molar-refractivity contribution < 1.29 is 0 Å². The van der Waals surface area contributed by atoms with Crippen molar-refractivity contribution in [3.63, 3.8) is 0 Å². The summed E-state index contributed by atoms with van der Waals surface area (Å²) in [5, 5.41) is 9.85. The molecule has 3 aromatic rings. The minimum atomic E-state index is 0. The molecule has 0 aliphatic carbocycles. The topological polar surface area (TPSA) is 49.3 Å². The molecule has 27 heavy (non-hydrogen) atoms. The lowest BCUT2D eigenvalue weighted by molar-refractivity contribution is 0.741. The van der Waals surface area contributed by atoms with Crippen LogP contribution in [0.1, 0.15) is 17.0 Å². The van der Waals surface area contributed by atoms with Crippen LogP contribution >= 0.6 is 35.3 Å². The summed E-state index contributed by atoms with van der Waals surface area (Å²) in [5.41, 5.74) is 3.55. The van der Waals surface area contributed by atoms with E-state index in [1.54, 1.807) is 18.4 Å². The zero-order valence-electron chi connectivity index (χ0n) is 15.4. The second kappa shape index (κ2) is 11.7. The number of nitrogens with one attached hydrogen (secondary N) is 2. The molecule has 0 saturated carbocycles. The molecule has 2 aromatic carbocycles. The Morgan fingerprint density at radius 3 is 2.41 bits per heavy atom. The molecule has 4 nitrogen and oxygen atoms in total. The summed E-state index contributed by atoms with van der Waals surface area (Å²) in [5.74, 6) is 0.814. The van der Waals surface area contributed by atoms with Crippen LogP contribution in [0.5, 0.6) is 0 Å². The molecule has 0 spiro atoms. The van der Waals surface area contributed by atoms with Gasteiger partial charge in [-0.1, -0.05) is 60.7 Å². The van der Waals surface area contributed by atoms with Crippen LogP contribution in [0, 0.1) is 0 Å². The Labute approximate surface area is 182 Å². The lowest BCUT2D eigenvalue weighted by atomic mass is 10.1. The van der Waals surface area contributed by atoms with Gasteiger partial charge in [-0.25, -0.2) is 4.98 Å². The van der Waals surface area contributed by atoms with Crippen molar-refractivity contribution in [1.82, 2.24) is 15.6 Å². The molecule has 0 aliphatic heterocycles.